The van der Waals surface area contributed by atoms with Crippen molar-refractivity contribution in [3.63, 3.8) is 0 Å². The fraction of sp³-hybridized carbons (Fsp3) is 0.583. The first-order chi connectivity index (χ1) is 13.2. The summed E-state index contributed by atoms with van der Waals surface area (Å²) in [4.78, 5) is 9.54. The molecule has 0 radical (unpaired) electrons. The van der Waals surface area contributed by atoms with E-state index in [4.69, 9.17) is 9.72 Å². The second-order valence-corrected chi connectivity index (χ2v) is 8.10. The molecule has 27 heavy (non-hydrogen) atoms. The number of fused-ring (bicyclic) bond motifs is 1. The second-order valence-electron chi connectivity index (χ2n) is 8.10. The minimum Gasteiger partial charge on any atom is -0.494 e. The molecule has 1 heterocycles. The molecule has 0 saturated heterocycles. The predicted octanol–water partition coefficient (Wildman–Crippen LogP) is 6.25. The molecule has 1 aliphatic rings. The zero-order valence-electron chi connectivity index (χ0n) is 17.2. The van der Waals surface area contributed by atoms with Crippen LogP contribution in [0.25, 0.3) is 11.4 Å². The molecule has 0 amide bonds. The lowest BCUT2D eigenvalue weighted by Crippen LogP contribution is -2.18. The Morgan fingerprint density at radius 2 is 1.96 bits per heavy atom. The Morgan fingerprint density at radius 3 is 2.70 bits per heavy atom. The van der Waals surface area contributed by atoms with Crippen molar-refractivity contribution >= 4 is 0 Å². The first kappa shape index (κ1) is 19.9. The molecule has 0 aliphatic heterocycles. The van der Waals surface area contributed by atoms with E-state index in [0.29, 0.717) is 0 Å². The van der Waals surface area contributed by atoms with Gasteiger partial charge in [-0.05, 0) is 73.8 Å². The minimum atomic E-state index is 0.792. The summed E-state index contributed by atoms with van der Waals surface area (Å²) in [6.45, 7) is 7.66. The van der Waals surface area contributed by atoms with Crippen molar-refractivity contribution in [3.8, 4) is 17.1 Å². The van der Waals surface area contributed by atoms with Crippen LogP contribution in [0.1, 0.15) is 70.6 Å². The monoisotopic (exact) mass is 366 g/mol. The highest BCUT2D eigenvalue weighted by Gasteiger charge is 2.22. The Morgan fingerprint density at radius 1 is 1.15 bits per heavy atom. The van der Waals surface area contributed by atoms with Crippen molar-refractivity contribution in [2.75, 3.05) is 6.61 Å². The zero-order chi connectivity index (χ0) is 19.1. The van der Waals surface area contributed by atoms with Crippen LogP contribution < -0.4 is 4.74 Å². The van der Waals surface area contributed by atoms with Crippen LogP contribution in [0.15, 0.2) is 30.5 Å². The molecule has 2 aromatic rings. The lowest BCUT2D eigenvalue weighted by Gasteiger charge is -2.26. The number of unbranched alkanes of at least 4 members (excludes halogenated alkanes) is 2. The van der Waals surface area contributed by atoms with Gasteiger partial charge < -0.3 is 4.74 Å². The van der Waals surface area contributed by atoms with Crippen molar-refractivity contribution in [1.29, 1.82) is 0 Å². The molecule has 1 aromatic heterocycles. The number of benzene rings is 1. The molecule has 0 bridgehead atoms. The van der Waals surface area contributed by atoms with Crippen LogP contribution in [0.2, 0.25) is 0 Å². The van der Waals surface area contributed by atoms with Gasteiger partial charge in [-0.15, -0.1) is 0 Å². The van der Waals surface area contributed by atoms with Crippen molar-refractivity contribution < 1.29 is 4.74 Å². The summed E-state index contributed by atoms with van der Waals surface area (Å²) in [6, 6.07) is 8.22. The number of hydrogen-bond acceptors (Lipinski definition) is 3. The summed E-state index contributed by atoms with van der Waals surface area (Å²) in [6.07, 6.45) is 11.7. The van der Waals surface area contributed by atoms with Gasteiger partial charge in [0, 0.05) is 17.5 Å². The van der Waals surface area contributed by atoms with Gasteiger partial charge in [-0.2, -0.15) is 0 Å². The fourth-order valence-corrected chi connectivity index (χ4v) is 3.90. The Bertz CT molecular complexity index is 711. The van der Waals surface area contributed by atoms with Gasteiger partial charge in [-0.25, -0.2) is 9.97 Å². The van der Waals surface area contributed by atoms with Crippen LogP contribution in [0.4, 0.5) is 0 Å². The Kier molecular flexibility index (Phi) is 7.25. The third kappa shape index (κ3) is 5.54. The second kappa shape index (κ2) is 9.87. The third-order valence-electron chi connectivity index (χ3n) is 5.81. The topological polar surface area (TPSA) is 35.0 Å². The zero-order valence-corrected chi connectivity index (χ0v) is 17.2. The highest BCUT2D eigenvalue weighted by molar-refractivity contribution is 5.56. The normalized spacial score (nSPS) is 17.4. The summed E-state index contributed by atoms with van der Waals surface area (Å²) >= 11 is 0. The highest BCUT2D eigenvalue weighted by atomic mass is 16.5. The van der Waals surface area contributed by atoms with E-state index in [-0.39, 0.29) is 0 Å². The average Bonchev–Trinajstić information content (AvgIpc) is 2.71. The molecule has 1 aromatic carbocycles. The minimum absolute atomic E-state index is 0.792. The quantitative estimate of drug-likeness (QED) is 0.492. The van der Waals surface area contributed by atoms with Gasteiger partial charge in [0.1, 0.15) is 5.75 Å². The Hall–Kier alpha value is -1.90. The largest absolute Gasteiger partial charge is 0.494 e. The third-order valence-corrected chi connectivity index (χ3v) is 5.81. The van der Waals surface area contributed by atoms with Gasteiger partial charge >= 0.3 is 0 Å². The molecule has 3 heteroatoms. The lowest BCUT2D eigenvalue weighted by molar-refractivity contribution is 0.306. The van der Waals surface area contributed by atoms with E-state index < -0.39 is 0 Å². The average molecular weight is 367 g/mol. The number of hydrogen-bond donors (Lipinski definition) is 0. The van der Waals surface area contributed by atoms with E-state index >= 15 is 0 Å². The number of ether oxygens (including phenoxy) is 1. The van der Waals surface area contributed by atoms with Crippen molar-refractivity contribution in [2.45, 2.75) is 72.1 Å². The van der Waals surface area contributed by atoms with Gasteiger partial charge in [-0.1, -0.05) is 40.0 Å². The molecule has 146 valence electrons. The molecular weight excluding hydrogens is 332 g/mol. The smallest absolute Gasteiger partial charge is 0.159 e. The molecule has 1 aliphatic carbocycles. The van der Waals surface area contributed by atoms with E-state index in [0.717, 1.165) is 54.8 Å². The fourth-order valence-electron chi connectivity index (χ4n) is 3.90. The maximum atomic E-state index is 5.80. The van der Waals surface area contributed by atoms with Crippen molar-refractivity contribution in [3.05, 3.63) is 41.7 Å². The molecule has 0 saturated carbocycles. The maximum absolute atomic E-state index is 5.80. The van der Waals surface area contributed by atoms with Crippen LogP contribution in [0.3, 0.4) is 0 Å². The standard InChI is InChI=1S/C24H34N2O/c1-4-6-7-14-27-22-11-9-20(10-12-22)24-25-17-21-16-19(15-18(3)5-2)8-13-23(21)26-24/h9-12,17-19H,4-8,13-16H2,1-3H3. The summed E-state index contributed by atoms with van der Waals surface area (Å²) in [5, 5.41) is 0. The predicted molar refractivity (Wildman–Crippen MR) is 112 cm³/mol. The molecule has 2 atom stereocenters. The Balaban J connectivity index is 1.62. The van der Waals surface area contributed by atoms with Crippen LogP contribution in [0.5, 0.6) is 5.75 Å². The van der Waals surface area contributed by atoms with Gasteiger partial charge in [0.15, 0.2) is 5.82 Å². The molecule has 2 unspecified atom stereocenters. The van der Waals surface area contributed by atoms with Crippen molar-refractivity contribution in [1.82, 2.24) is 9.97 Å². The van der Waals surface area contributed by atoms with E-state index in [1.165, 1.54) is 43.4 Å². The van der Waals surface area contributed by atoms with E-state index in [1.54, 1.807) is 0 Å². The Labute approximate surface area is 164 Å². The highest BCUT2D eigenvalue weighted by Crippen LogP contribution is 2.30. The molecule has 3 nitrogen and oxygen atoms in total. The number of aromatic nitrogens is 2. The van der Waals surface area contributed by atoms with Crippen LogP contribution in [-0.2, 0) is 12.8 Å². The van der Waals surface area contributed by atoms with E-state index in [2.05, 4.69) is 44.1 Å². The molecule has 0 N–H and O–H groups in total. The summed E-state index contributed by atoms with van der Waals surface area (Å²) in [5.74, 6) is 3.39. The SMILES string of the molecule is CCCCCOc1ccc(-c2ncc3c(n2)CCC(CC(C)CC)C3)cc1. The maximum Gasteiger partial charge on any atom is 0.159 e. The number of nitrogens with zero attached hydrogens (tertiary/aromatic N) is 2. The van der Waals surface area contributed by atoms with E-state index in [9.17, 15) is 0 Å². The van der Waals surface area contributed by atoms with Gasteiger partial charge in [0.25, 0.3) is 0 Å². The first-order valence-corrected chi connectivity index (χ1v) is 10.8. The lowest BCUT2D eigenvalue weighted by atomic mass is 9.81. The van der Waals surface area contributed by atoms with Gasteiger partial charge in [0.05, 0.1) is 6.61 Å². The molecule has 0 fully saturated rings. The van der Waals surface area contributed by atoms with Crippen LogP contribution >= 0.6 is 0 Å². The van der Waals surface area contributed by atoms with Crippen LogP contribution in [0, 0.1) is 11.8 Å². The first-order valence-electron chi connectivity index (χ1n) is 10.8. The summed E-state index contributed by atoms with van der Waals surface area (Å²) in [7, 11) is 0. The number of rotatable bonds is 9. The summed E-state index contributed by atoms with van der Waals surface area (Å²) in [5.41, 5.74) is 3.68. The van der Waals surface area contributed by atoms with Crippen molar-refractivity contribution in [2.24, 2.45) is 11.8 Å². The molecular formula is C24H34N2O. The van der Waals surface area contributed by atoms with E-state index in [1.807, 2.05) is 12.1 Å². The molecule has 3 rings (SSSR count). The van der Waals surface area contributed by atoms with Gasteiger partial charge in [0.2, 0.25) is 0 Å². The summed E-state index contributed by atoms with van der Waals surface area (Å²) < 4.78 is 5.80. The van der Waals surface area contributed by atoms with Gasteiger partial charge in [-0.3, -0.25) is 0 Å². The number of aryl methyl sites for hydroxylation is 1. The van der Waals surface area contributed by atoms with Crippen LogP contribution in [-0.4, -0.2) is 16.6 Å². The molecule has 0 spiro atoms.